The lowest BCUT2D eigenvalue weighted by Crippen LogP contribution is -2.31. The first-order chi connectivity index (χ1) is 17.8. The van der Waals surface area contributed by atoms with Crippen LogP contribution in [0.25, 0.3) is 0 Å². The second-order valence-electron chi connectivity index (χ2n) is 9.11. The van der Waals surface area contributed by atoms with Crippen LogP contribution >= 0.6 is 11.8 Å². The van der Waals surface area contributed by atoms with E-state index >= 15 is 0 Å². The van der Waals surface area contributed by atoms with E-state index in [1.54, 1.807) is 19.1 Å². The predicted molar refractivity (Wildman–Crippen MR) is 143 cm³/mol. The van der Waals surface area contributed by atoms with Gasteiger partial charge in [-0.05, 0) is 39.9 Å². The van der Waals surface area contributed by atoms with Crippen LogP contribution in [0.4, 0.5) is 4.79 Å². The fourth-order valence-electron chi connectivity index (χ4n) is 3.33. The summed E-state index contributed by atoms with van der Waals surface area (Å²) in [6.45, 7) is 3.02. The second-order valence-corrected chi connectivity index (χ2v) is 10.2. The number of ether oxygens (including phenoxy) is 5. The summed E-state index contributed by atoms with van der Waals surface area (Å²) in [5.41, 5.74) is 0. The number of hydrogen-bond donors (Lipinski definition) is 1. The van der Waals surface area contributed by atoms with Crippen molar-refractivity contribution < 1.29 is 43.2 Å². The van der Waals surface area contributed by atoms with Gasteiger partial charge >= 0.3 is 11.9 Å². The van der Waals surface area contributed by atoms with E-state index in [9.17, 15) is 19.5 Å². The average Bonchev–Trinajstić information content (AvgIpc) is 2.86. The second kappa shape index (κ2) is 23.7. The summed E-state index contributed by atoms with van der Waals surface area (Å²) in [7, 11) is 8.67. The van der Waals surface area contributed by atoms with Gasteiger partial charge in [-0.15, -0.1) is 0 Å². The highest BCUT2D eigenvalue weighted by Gasteiger charge is 2.17. The van der Waals surface area contributed by atoms with Crippen LogP contribution < -0.4 is 0 Å². The third kappa shape index (κ3) is 20.2. The quantitative estimate of drug-likeness (QED) is 0.148. The Kier molecular flexibility index (Phi) is 22.7. The topological polar surface area (TPSA) is 124 Å². The lowest BCUT2D eigenvalue weighted by molar-refractivity contribution is -0.147. The van der Waals surface area contributed by atoms with Gasteiger partial charge in [-0.3, -0.25) is 14.4 Å². The van der Waals surface area contributed by atoms with Gasteiger partial charge in [0.05, 0.1) is 39.6 Å². The number of esters is 2. The molecule has 37 heavy (non-hydrogen) atoms. The number of carbonyl (C=O) groups is 3. The van der Waals surface area contributed by atoms with Crippen LogP contribution in [0.3, 0.4) is 0 Å². The molecular formula is C25H48N2O9S. The third-order valence-electron chi connectivity index (χ3n) is 5.28. The maximum Gasteiger partial charge on any atom is 0.305 e. The van der Waals surface area contributed by atoms with Crippen molar-refractivity contribution in [1.29, 1.82) is 0 Å². The van der Waals surface area contributed by atoms with Crippen LogP contribution in [0, 0.1) is 11.8 Å². The number of thioether (sulfide) groups is 1. The van der Waals surface area contributed by atoms with Gasteiger partial charge in [0.2, 0.25) is 0 Å². The van der Waals surface area contributed by atoms with E-state index in [0.717, 1.165) is 13.0 Å². The molecule has 1 amide bonds. The molecule has 218 valence electrons. The largest absolute Gasteiger partial charge is 0.465 e. The fraction of sp³-hybridized carbons (Fsp3) is 0.880. The molecule has 0 fully saturated rings. The molecule has 0 aromatic carbocycles. The van der Waals surface area contributed by atoms with E-state index in [-0.39, 0.29) is 61.7 Å². The molecule has 1 N–H and O–H groups in total. The van der Waals surface area contributed by atoms with Crippen molar-refractivity contribution in [2.24, 2.45) is 11.8 Å². The normalized spacial score (nSPS) is 12.1. The molecule has 0 aromatic rings. The molecule has 0 saturated heterocycles. The Hall–Kier alpha value is -1.44. The molecule has 0 aromatic heterocycles. The zero-order chi connectivity index (χ0) is 27.9. The molecule has 0 rings (SSSR count). The van der Waals surface area contributed by atoms with E-state index in [1.807, 2.05) is 14.1 Å². The predicted octanol–water partition coefficient (Wildman–Crippen LogP) is 1.90. The Morgan fingerprint density at radius 2 is 1.22 bits per heavy atom. The number of amides is 1. The van der Waals surface area contributed by atoms with Crippen molar-refractivity contribution >= 4 is 28.9 Å². The lowest BCUT2D eigenvalue weighted by Gasteiger charge is -2.22. The fourth-order valence-corrected chi connectivity index (χ4v) is 4.14. The minimum Gasteiger partial charge on any atom is -0.465 e. The molecule has 0 aliphatic heterocycles. The molecule has 12 heteroatoms. The Bertz CT molecular complexity index is 605. The first kappa shape index (κ1) is 35.6. The Morgan fingerprint density at radius 3 is 1.68 bits per heavy atom. The summed E-state index contributed by atoms with van der Waals surface area (Å²) in [5, 5.41) is 9.20. The number of methoxy groups -OCH3 is 3. The van der Waals surface area contributed by atoms with E-state index < -0.39 is 0 Å². The van der Waals surface area contributed by atoms with Crippen molar-refractivity contribution in [3.8, 4) is 0 Å². The van der Waals surface area contributed by atoms with E-state index in [2.05, 4.69) is 4.90 Å². The van der Waals surface area contributed by atoms with E-state index in [1.165, 1.54) is 18.9 Å². The van der Waals surface area contributed by atoms with Gasteiger partial charge in [-0.2, -0.15) is 0 Å². The average molecular weight is 553 g/mol. The summed E-state index contributed by atoms with van der Waals surface area (Å²) in [6, 6.07) is 0. The van der Waals surface area contributed by atoms with Crippen LogP contribution in [0.5, 0.6) is 0 Å². The van der Waals surface area contributed by atoms with Gasteiger partial charge in [0.15, 0.2) is 0 Å². The van der Waals surface area contributed by atoms with Gasteiger partial charge in [-0.25, -0.2) is 0 Å². The van der Waals surface area contributed by atoms with Crippen molar-refractivity contribution in [3.05, 3.63) is 0 Å². The molecule has 0 aliphatic carbocycles. The molecule has 1 atom stereocenters. The zero-order valence-corrected chi connectivity index (χ0v) is 24.1. The van der Waals surface area contributed by atoms with Crippen LogP contribution in [0.2, 0.25) is 0 Å². The smallest absolute Gasteiger partial charge is 0.305 e. The Balaban J connectivity index is 4.62. The molecule has 1 unspecified atom stereocenters. The number of rotatable bonds is 23. The number of aliphatic hydroxyl groups is 1. The monoisotopic (exact) mass is 552 g/mol. The lowest BCUT2D eigenvalue weighted by atomic mass is 10.2. The number of nitrogens with zero attached hydrogens (tertiary/aromatic N) is 2. The van der Waals surface area contributed by atoms with Crippen LogP contribution in [-0.4, -0.2) is 133 Å². The molecule has 0 saturated carbocycles. The minimum atomic E-state index is -0.383. The summed E-state index contributed by atoms with van der Waals surface area (Å²) < 4.78 is 25.7. The highest BCUT2D eigenvalue weighted by atomic mass is 32.2. The molecule has 0 radical (unpaired) electrons. The van der Waals surface area contributed by atoms with Crippen molar-refractivity contribution in [1.82, 2.24) is 9.80 Å². The summed E-state index contributed by atoms with van der Waals surface area (Å²) >= 11 is 1.25. The van der Waals surface area contributed by atoms with Gasteiger partial charge in [0, 0.05) is 64.8 Å². The summed E-state index contributed by atoms with van der Waals surface area (Å²) in [4.78, 5) is 40.8. The highest BCUT2D eigenvalue weighted by Crippen LogP contribution is 2.14. The van der Waals surface area contributed by atoms with Crippen LogP contribution in [0.15, 0.2) is 0 Å². The van der Waals surface area contributed by atoms with Gasteiger partial charge in [0.25, 0.3) is 5.24 Å². The molecular weight excluding hydrogens is 504 g/mol. The summed E-state index contributed by atoms with van der Waals surface area (Å²) in [6.07, 6.45) is 2.13. The van der Waals surface area contributed by atoms with Crippen molar-refractivity contribution in [2.45, 2.75) is 32.1 Å². The van der Waals surface area contributed by atoms with Crippen molar-refractivity contribution in [3.63, 3.8) is 0 Å². The Labute approximate surface area is 226 Å². The summed E-state index contributed by atoms with van der Waals surface area (Å²) in [5.74, 6) is -0.311. The molecule has 0 bridgehead atoms. The maximum atomic E-state index is 12.8. The first-order valence-electron chi connectivity index (χ1n) is 12.7. The molecule has 0 heterocycles. The van der Waals surface area contributed by atoms with Gasteiger partial charge in [0.1, 0.15) is 0 Å². The maximum absolute atomic E-state index is 12.8. The van der Waals surface area contributed by atoms with Gasteiger partial charge in [-0.1, -0.05) is 11.8 Å². The number of aliphatic hydroxyl groups excluding tert-OH is 1. The first-order valence-corrected chi connectivity index (χ1v) is 13.7. The zero-order valence-electron chi connectivity index (χ0n) is 23.3. The van der Waals surface area contributed by atoms with Crippen LogP contribution in [-0.2, 0) is 33.3 Å². The molecule has 11 nitrogen and oxygen atoms in total. The SMILES string of the molecule is COCC(CO)COC(=O)CCCN(CCCC(=O)OCC(COC)COC)C(=O)SCCCN(C)C. The minimum absolute atomic E-state index is 0.0301. The van der Waals surface area contributed by atoms with Crippen molar-refractivity contribution in [2.75, 3.05) is 100 Å². The standard InChI is InChI=1S/C25H48N2O9S/c1-26(2)11-8-14-37-25(31)27(12-6-9-23(29)35-19-21(15-28)16-32-3)13-7-10-24(30)36-20-22(17-33-4)18-34-5/h21-22,28H,6-20H2,1-5H3. The van der Waals surface area contributed by atoms with Crippen LogP contribution in [0.1, 0.15) is 32.1 Å². The van der Waals surface area contributed by atoms with E-state index in [0.29, 0.717) is 51.5 Å². The molecule has 0 spiro atoms. The molecule has 0 aliphatic rings. The third-order valence-corrected chi connectivity index (χ3v) is 6.27. The number of hydrogen-bond acceptors (Lipinski definition) is 11. The van der Waals surface area contributed by atoms with Gasteiger partial charge < -0.3 is 38.6 Å². The van der Waals surface area contributed by atoms with E-state index in [4.69, 9.17) is 23.7 Å². The number of carbonyl (C=O) groups excluding carboxylic acids is 3. The highest BCUT2D eigenvalue weighted by molar-refractivity contribution is 8.13. The Morgan fingerprint density at radius 1 is 0.730 bits per heavy atom.